The van der Waals surface area contributed by atoms with Crippen LogP contribution in [0, 0.1) is 0 Å². The van der Waals surface area contributed by atoms with Crippen molar-refractivity contribution in [3.63, 3.8) is 0 Å². The third-order valence-electron chi connectivity index (χ3n) is 4.49. The van der Waals surface area contributed by atoms with E-state index in [1.807, 2.05) is 52.7 Å². The van der Waals surface area contributed by atoms with E-state index in [9.17, 15) is 4.79 Å². The normalized spacial score (nSPS) is 15.2. The average molecular weight is 369 g/mol. The second-order valence-electron chi connectivity index (χ2n) is 6.19. The van der Waals surface area contributed by atoms with E-state index in [2.05, 4.69) is 10.1 Å². The molecule has 0 aliphatic carbocycles. The first-order chi connectivity index (χ1) is 12.8. The Labute approximate surface area is 155 Å². The van der Waals surface area contributed by atoms with Gasteiger partial charge < -0.3 is 14.2 Å². The Morgan fingerprint density at radius 2 is 2.00 bits per heavy atom. The zero-order chi connectivity index (χ0) is 17.8. The lowest BCUT2D eigenvalue weighted by atomic mass is 9.97. The van der Waals surface area contributed by atoms with Crippen molar-refractivity contribution < 1.29 is 14.1 Å². The van der Waals surface area contributed by atoms with E-state index in [4.69, 9.17) is 9.26 Å². The minimum Gasteiger partial charge on any atom is -0.484 e. The molecule has 4 rings (SSSR count). The van der Waals surface area contributed by atoms with E-state index in [-0.39, 0.29) is 18.4 Å². The zero-order valence-electron chi connectivity index (χ0n) is 14.2. The van der Waals surface area contributed by atoms with E-state index in [1.54, 1.807) is 11.3 Å². The number of benzene rings is 1. The van der Waals surface area contributed by atoms with E-state index >= 15 is 0 Å². The summed E-state index contributed by atoms with van der Waals surface area (Å²) in [7, 11) is 0. The monoisotopic (exact) mass is 369 g/mol. The van der Waals surface area contributed by atoms with Crippen molar-refractivity contribution in [2.75, 3.05) is 19.7 Å². The highest BCUT2D eigenvalue weighted by Gasteiger charge is 2.27. The van der Waals surface area contributed by atoms with Crippen molar-refractivity contribution in [1.29, 1.82) is 0 Å². The lowest BCUT2D eigenvalue weighted by Gasteiger charge is -2.30. The van der Waals surface area contributed by atoms with Gasteiger partial charge in [-0.05, 0) is 36.4 Å². The van der Waals surface area contributed by atoms with Crippen LogP contribution in [0.5, 0.6) is 5.75 Å². The summed E-state index contributed by atoms with van der Waals surface area (Å²) >= 11 is 1.59. The Morgan fingerprint density at radius 1 is 1.19 bits per heavy atom. The first-order valence-corrected chi connectivity index (χ1v) is 9.50. The second-order valence-corrected chi connectivity index (χ2v) is 7.14. The summed E-state index contributed by atoms with van der Waals surface area (Å²) in [4.78, 5) is 19.7. The van der Waals surface area contributed by atoms with Crippen LogP contribution < -0.4 is 4.74 Å². The number of ether oxygens (including phenoxy) is 1. The fourth-order valence-electron chi connectivity index (χ4n) is 3.04. The fourth-order valence-corrected chi connectivity index (χ4v) is 3.69. The molecule has 1 aliphatic heterocycles. The zero-order valence-corrected chi connectivity index (χ0v) is 15.0. The summed E-state index contributed by atoms with van der Waals surface area (Å²) in [6, 6.07) is 13.3. The van der Waals surface area contributed by atoms with Crippen molar-refractivity contribution in [2.45, 2.75) is 18.8 Å². The molecule has 0 radical (unpaired) electrons. The number of piperidine rings is 1. The smallest absolute Gasteiger partial charge is 0.260 e. The molecule has 0 N–H and O–H groups in total. The molecule has 3 heterocycles. The third kappa shape index (κ3) is 3.77. The number of thiophene rings is 1. The molecule has 0 bridgehead atoms. The molecule has 7 heteroatoms. The van der Waals surface area contributed by atoms with E-state index in [0.717, 1.165) is 17.7 Å². The van der Waals surface area contributed by atoms with Crippen LogP contribution in [0.3, 0.4) is 0 Å². The number of rotatable bonds is 5. The van der Waals surface area contributed by atoms with Crippen molar-refractivity contribution in [2.24, 2.45) is 0 Å². The topological polar surface area (TPSA) is 68.5 Å². The van der Waals surface area contributed by atoms with Gasteiger partial charge in [-0.3, -0.25) is 4.79 Å². The van der Waals surface area contributed by atoms with Crippen LogP contribution in [0.1, 0.15) is 24.7 Å². The lowest BCUT2D eigenvalue weighted by molar-refractivity contribution is -0.134. The Balaban J connectivity index is 1.29. The van der Waals surface area contributed by atoms with Gasteiger partial charge in [-0.15, -0.1) is 11.3 Å². The van der Waals surface area contributed by atoms with Gasteiger partial charge in [-0.2, -0.15) is 4.98 Å². The van der Waals surface area contributed by atoms with Crippen LogP contribution in [0.4, 0.5) is 0 Å². The standard InChI is InChI=1S/C19H19N3O3S/c23-17(13-24-15-5-2-1-3-6-15)22-10-8-14(9-11-22)19-20-18(21-25-19)16-7-4-12-26-16/h1-7,12,14H,8-11,13H2. The summed E-state index contributed by atoms with van der Waals surface area (Å²) in [6.45, 7) is 1.43. The predicted octanol–water partition coefficient (Wildman–Crippen LogP) is 3.58. The molecule has 1 aromatic carbocycles. The van der Waals surface area contributed by atoms with Gasteiger partial charge in [-0.25, -0.2) is 0 Å². The van der Waals surface area contributed by atoms with E-state index < -0.39 is 0 Å². The van der Waals surface area contributed by atoms with Crippen molar-refractivity contribution in [1.82, 2.24) is 15.0 Å². The molecule has 0 saturated carbocycles. The maximum Gasteiger partial charge on any atom is 0.260 e. The predicted molar refractivity (Wildman–Crippen MR) is 98.1 cm³/mol. The van der Waals surface area contributed by atoms with Gasteiger partial charge >= 0.3 is 0 Å². The number of para-hydroxylation sites is 1. The Bertz CT molecular complexity index is 840. The fraction of sp³-hybridized carbons (Fsp3) is 0.316. The van der Waals surface area contributed by atoms with Gasteiger partial charge in [0, 0.05) is 19.0 Å². The third-order valence-corrected chi connectivity index (χ3v) is 5.35. The second kappa shape index (κ2) is 7.70. The Morgan fingerprint density at radius 3 is 2.73 bits per heavy atom. The van der Waals surface area contributed by atoms with Crippen molar-refractivity contribution >= 4 is 17.2 Å². The van der Waals surface area contributed by atoms with E-state index in [0.29, 0.717) is 30.6 Å². The highest BCUT2D eigenvalue weighted by molar-refractivity contribution is 7.13. The molecular weight excluding hydrogens is 350 g/mol. The molecule has 0 unspecified atom stereocenters. The summed E-state index contributed by atoms with van der Waals surface area (Å²) in [5, 5.41) is 6.07. The van der Waals surface area contributed by atoms with E-state index in [1.165, 1.54) is 0 Å². The number of hydrogen-bond donors (Lipinski definition) is 0. The Hall–Kier alpha value is -2.67. The van der Waals surface area contributed by atoms with Gasteiger partial charge in [0.05, 0.1) is 4.88 Å². The van der Waals surface area contributed by atoms with Crippen LogP contribution >= 0.6 is 11.3 Å². The summed E-state index contributed by atoms with van der Waals surface area (Å²) in [5.41, 5.74) is 0. The molecule has 26 heavy (non-hydrogen) atoms. The molecule has 1 amide bonds. The van der Waals surface area contributed by atoms with Gasteiger partial charge in [0.2, 0.25) is 11.7 Å². The van der Waals surface area contributed by atoms with Crippen LogP contribution in [0.25, 0.3) is 10.7 Å². The highest BCUT2D eigenvalue weighted by atomic mass is 32.1. The Kier molecular flexibility index (Phi) is 4.97. The molecular formula is C19H19N3O3S. The number of amides is 1. The molecule has 1 aliphatic rings. The molecule has 2 aromatic heterocycles. The maximum atomic E-state index is 12.3. The minimum absolute atomic E-state index is 0.0112. The SMILES string of the molecule is O=C(COc1ccccc1)N1CCC(c2nc(-c3cccs3)no2)CC1. The summed E-state index contributed by atoms with van der Waals surface area (Å²) in [5.74, 6) is 2.24. The quantitative estimate of drug-likeness (QED) is 0.687. The number of carbonyl (C=O) groups is 1. The molecule has 1 fully saturated rings. The van der Waals surface area contributed by atoms with Crippen LogP contribution in [-0.4, -0.2) is 40.6 Å². The molecule has 0 atom stereocenters. The first kappa shape index (κ1) is 16.8. The number of nitrogens with zero attached hydrogens (tertiary/aromatic N) is 3. The number of carbonyl (C=O) groups excluding carboxylic acids is 1. The molecule has 1 saturated heterocycles. The molecule has 134 valence electrons. The van der Waals surface area contributed by atoms with Gasteiger partial charge in [-0.1, -0.05) is 29.4 Å². The average Bonchev–Trinajstić information content (AvgIpc) is 3.38. The summed E-state index contributed by atoms with van der Waals surface area (Å²) < 4.78 is 11.0. The molecule has 0 spiro atoms. The molecule has 6 nitrogen and oxygen atoms in total. The molecule has 3 aromatic rings. The largest absolute Gasteiger partial charge is 0.484 e. The van der Waals surface area contributed by atoms with Crippen LogP contribution in [0.2, 0.25) is 0 Å². The minimum atomic E-state index is 0.0112. The highest BCUT2D eigenvalue weighted by Crippen LogP contribution is 2.29. The van der Waals surface area contributed by atoms with Gasteiger partial charge in [0.1, 0.15) is 5.75 Å². The van der Waals surface area contributed by atoms with Gasteiger partial charge in [0.15, 0.2) is 6.61 Å². The summed E-state index contributed by atoms with van der Waals surface area (Å²) in [6.07, 6.45) is 1.65. The first-order valence-electron chi connectivity index (χ1n) is 8.63. The van der Waals surface area contributed by atoms with Crippen molar-refractivity contribution in [3.8, 4) is 16.5 Å². The maximum absolute atomic E-state index is 12.3. The van der Waals surface area contributed by atoms with Crippen LogP contribution in [-0.2, 0) is 4.79 Å². The lowest BCUT2D eigenvalue weighted by Crippen LogP contribution is -2.40. The number of aromatic nitrogens is 2. The number of hydrogen-bond acceptors (Lipinski definition) is 6. The van der Waals surface area contributed by atoms with Crippen LogP contribution in [0.15, 0.2) is 52.4 Å². The van der Waals surface area contributed by atoms with Crippen molar-refractivity contribution in [3.05, 3.63) is 53.7 Å². The number of likely N-dealkylation sites (tertiary alicyclic amines) is 1. The van der Waals surface area contributed by atoms with Gasteiger partial charge in [0.25, 0.3) is 5.91 Å².